The van der Waals surface area contributed by atoms with Crippen LogP contribution in [0.5, 0.6) is 0 Å². The molecule has 0 radical (unpaired) electrons. The summed E-state index contributed by atoms with van der Waals surface area (Å²) in [6, 6.07) is 15.3. The van der Waals surface area contributed by atoms with E-state index in [9.17, 15) is 17.2 Å². The van der Waals surface area contributed by atoms with Crippen LogP contribution in [0, 0.1) is 25.5 Å². The van der Waals surface area contributed by atoms with Crippen molar-refractivity contribution in [1.29, 1.82) is 0 Å². The van der Waals surface area contributed by atoms with Crippen LogP contribution in [0.1, 0.15) is 36.2 Å². The van der Waals surface area contributed by atoms with Crippen LogP contribution in [0.25, 0.3) is 38.5 Å². The Morgan fingerprint density at radius 1 is 0.978 bits per heavy atom. The zero-order chi connectivity index (χ0) is 31.5. The molecule has 0 saturated carbocycles. The van der Waals surface area contributed by atoms with Crippen LogP contribution >= 0.6 is 11.3 Å². The van der Waals surface area contributed by atoms with Crippen LogP contribution < -0.4 is 10.2 Å². The van der Waals surface area contributed by atoms with Gasteiger partial charge in [-0.1, -0.05) is 23.4 Å². The molecule has 0 spiro atoms. The Bertz CT molecular complexity index is 2160. The Morgan fingerprint density at radius 3 is 2.47 bits per heavy atom. The lowest BCUT2D eigenvalue weighted by Gasteiger charge is -2.35. The number of primary sulfonamides is 1. The SMILES string of the molecule is Cc1noc(C)c1-c1ccc2c(c1)nc(C1CCCON1c1ccc(F)c(F)c1)n2-c1nc(-c2ccc(S(N)(=O)=O)cc2)cs1. The Morgan fingerprint density at radius 2 is 1.76 bits per heavy atom. The topological polar surface area (TPSA) is 129 Å². The molecule has 0 amide bonds. The quantitative estimate of drug-likeness (QED) is 0.213. The Kier molecular flexibility index (Phi) is 7.23. The number of hydrogen-bond acceptors (Lipinski definition) is 9. The van der Waals surface area contributed by atoms with Crippen molar-refractivity contribution in [3.8, 4) is 27.5 Å². The third kappa shape index (κ3) is 5.29. The number of thiazole rings is 1. The molecule has 1 fully saturated rings. The maximum Gasteiger partial charge on any atom is 0.238 e. The van der Waals surface area contributed by atoms with E-state index in [1.54, 1.807) is 17.2 Å². The first-order chi connectivity index (χ1) is 21.6. The van der Waals surface area contributed by atoms with Crippen LogP contribution in [0.15, 0.2) is 75.5 Å². The average molecular weight is 649 g/mol. The van der Waals surface area contributed by atoms with Gasteiger partial charge in [-0.25, -0.2) is 37.4 Å². The highest BCUT2D eigenvalue weighted by Crippen LogP contribution is 2.39. The standard InChI is InChI=1S/C31H26F2N6O4S2/c1-17-29(18(2)43-37-17)20-7-12-27-25(14-20)35-30(28-4-3-13-42-39(28)21-8-11-23(32)24(33)15-21)38(27)31-36-26(16-44-31)19-5-9-22(10-6-19)45(34,40)41/h5-12,14-16,28H,3-4,13H2,1-2H3,(H2,34,40,41). The van der Waals surface area contributed by atoms with E-state index in [4.69, 9.17) is 24.5 Å². The van der Waals surface area contributed by atoms with E-state index in [0.717, 1.165) is 40.9 Å². The fraction of sp³-hybridized carbons (Fsp3) is 0.194. The number of imidazole rings is 1. The lowest BCUT2D eigenvalue weighted by molar-refractivity contribution is 0.0454. The van der Waals surface area contributed by atoms with Crippen molar-refractivity contribution in [1.82, 2.24) is 19.7 Å². The van der Waals surface area contributed by atoms with Crippen molar-refractivity contribution in [2.45, 2.75) is 37.6 Å². The summed E-state index contributed by atoms with van der Waals surface area (Å²) in [6.07, 6.45) is 1.35. The highest BCUT2D eigenvalue weighted by molar-refractivity contribution is 7.89. The molecule has 1 aliphatic heterocycles. The number of hydrogen-bond donors (Lipinski definition) is 1. The largest absolute Gasteiger partial charge is 0.361 e. The predicted octanol–water partition coefficient (Wildman–Crippen LogP) is 6.62. The molecule has 1 unspecified atom stereocenters. The Balaban J connectivity index is 1.38. The molecule has 1 atom stereocenters. The van der Waals surface area contributed by atoms with Crippen molar-refractivity contribution in [3.05, 3.63) is 95.0 Å². The number of anilines is 1. The minimum atomic E-state index is -3.83. The van der Waals surface area contributed by atoms with Crippen LogP contribution in [-0.4, -0.2) is 34.7 Å². The highest BCUT2D eigenvalue weighted by Gasteiger charge is 2.32. The first kappa shape index (κ1) is 29.2. The maximum atomic E-state index is 14.3. The fourth-order valence-corrected chi connectivity index (χ4v) is 7.02. The van der Waals surface area contributed by atoms with Crippen molar-refractivity contribution in [3.63, 3.8) is 0 Å². The van der Waals surface area contributed by atoms with E-state index >= 15 is 0 Å². The number of rotatable bonds is 6. The lowest BCUT2D eigenvalue weighted by atomic mass is 10.0. The predicted molar refractivity (Wildman–Crippen MR) is 165 cm³/mol. The molecule has 14 heteroatoms. The zero-order valence-corrected chi connectivity index (χ0v) is 25.7. The van der Waals surface area contributed by atoms with Gasteiger partial charge in [0.2, 0.25) is 10.0 Å². The normalized spacial score (nSPS) is 15.7. The molecule has 4 heterocycles. The lowest BCUT2D eigenvalue weighted by Crippen LogP contribution is -2.35. The summed E-state index contributed by atoms with van der Waals surface area (Å²) in [6.45, 7) is 4.14. The smallest absolute Gasteiger partial charge is 0.238 e. The van der Waals surface area contributed by atoms with E-state index in [0.29, 0.717) is 52.2 Å². The van der Waals surface area contributed by atoms with E-state index in [2.05, 4.69) is 5.16 Å². The number of sulfonamides is 1. The van der Waals surface area contributed by atoms with Crippen LogP contribution in [0.4, 0.5) is 14.5 Å². The Labute approximate surface area is 260 Å². The van der Waals surface area contributed by atoms with Crippen LogP contribution in [0.2, 0.25) is 0 Å². The molecular weight excluding hydrogens is 623 g/mol. The van der Waals surface area contributed by atoms with Gasteiger partial charge < -0.3 is 4.52 Å². The van der Waals surface area contributed by atoms with Gasteiger partial charge in [-0.15, -0.1) is 11.3 Å². The van der Waals surface area contributed by atoms with Gasteiger partial charge in [0.15, 0.2) is 16.8 Å². The first-order valence-electron chi connectivity index (χ1n) is 14.0. The third-order valence-corrected chi connectivity index (χ3v) is 9.51. The summed E-state index contributed by atoms with van der Waals surface area (Å²) in [4.78, 5) is 16.0. The minimum absolute atomic E-state index is 0.00770. The number of nitrogens with zero attached hydrogens (tertiary/aromatic N) is 5. The second-order valence-electron chi connectivity index (χ2n) is 10.7. The van der Waals surface area contributed by atoms with Crippen LogP contribution in [-0.2, 0) is 14.9 Å². The monoisotopic (exact) mass is 648 g/mol. The summed E-state index contributed by atoms with van der Waals surface area (Å²) in [5.74, 6) is -0.625. The fourth-order valence-electron chi connectivity index (χ4n) is 5.65. The third-order valence-electron chi connectivity index (χ3n) is 7.76. The number of aryl methyl sites for hydroxylation is 2. The van der Waals surface area contributed by atoms with E-state index in [1.807, 2.05) is 42.0 Å². The van der Waals surface area contributed by atoms with Gasteiger partial charge in [0.1, 0.15) is 17.6 Å². The molecular formula is C31H26F2N6O4S2. The molecule has 45 heavy (non-hydrogen) atoms. The van der Waals surface area contributed by atoms with Crippen molar-refractivity contribution < 1.29 is 26.6 Å². The summed E-state index contributed by atoms with van der Waals surface area (Å²) < 4.78 is 59.0. The van der Waals surface area contributed by atoms with Gasteiger partial charge in [0, 0.05) is 22.6 Å². The molecule has 3 aromatic carbocycles. The second-order valence-corrected chi connectivity index (χ2v) is 13.1. The molecule has 3 aromatic heterocycles. The molecule has 1 saturated heterocycles. The van der Waals surface area contributed by atoms with Crippen LogP contribution in [0.3, 0.4) is 0 Å². The maximum absolute atomic E-state index is 14.3. The molecule has 10 nitrogen and oxygen atoms in total. The number of fused-ring (bicyclic) bond motifs is 1. The van der Waals surface area contributed by atoms with Gasteiger partial charge in [-0.05, 0) is 68.7 Å². The molecule has 0 aliphatic carbocycles. The molecule has 7 rings (SSSR count). The Hall–Kier alpha value is -4.50. The summed E-state index contributed by atoms with van der Waals surface area (Å²) in [7, 11) is -3.83. The van der Waals surface area contributed by atoms with Crippen molar-refractivity contribution in [2.75, 3.05) is 11.7 Å². The number of hydroxylamine groups is 1. The number of halogens is 2. The minimum Gasteiger partial charge on any atom is -0.361 e. The number of benzene rings is 3. The van der Waals surface area contributed by atoms with E-state index < -0.39 is 27.7 Å². The van der Waals surface area contributed by atoms with Gasteiger partial charge in [0.05, 0.1) is 39.6 Å². The van der Waals surface area contributed by atoms with Crippen molar-refractivity contribution >= 4 is 38.1 Å². The van der Waals surface area contributed by atoms with Gasteiger partial charge in [-0.2, -0.15) is 0 Å². The number of nitrogens with two attached hydrogens (primary N) is 1. The molecule has 0 bridgehead atoms. The summed E-state index contributed by atoms with van der Waals surface area (Å²) in [5, 5.41) is 13.4. The number of aromatic nitrogens is 4. The first-order valence-corrected chi connectivity index (χ1v) is 16.4. The molecule has 230 valence electrons. The zero-order valence-electron chi connectivity index (χ0n) is 24.1. The highest BCUT2D eigenvalue weighted by atomic mass is 32.2. The van der Waals surface area contributed by atoms with Crippen molar-refractivity contribution in [2.24, 2.45) is 5.14 Å². The molecule has 1 aliphatic rings. The summed E-state index contributed by atoms with van der Waals surface area (Å²) in [5.41, 5.74) is 5.71. The van der Waals surface area contributed by atoms with E-state index in [1.165, 1.54) is 29.5 Å². The average Bonchev–Trinajstić information content (AvgIpc) is 3.74. The van der Waals surface area contributed by atoms with Gasteiger partial charge in [0.25, 0.3) is 0 Å². The molecule has 2 N–H and O–H groups in total. The van der Waals surface area contributed by atoms with Gasteiger partial charge >= 0.3 is 0 Å². The molecule has 6 aromatic rings. The van der Waals surface area contributed by atoms with E-state index in [-0.39, 0.29) is 4.90 Å². The second kappa shape index (κ2) is 11.1. The summed E-state index contributed by atoms with van der Waals surface area (Å²) >= 11 is 1.39. The van der Waals surface area contributed by atoms with Gasteiger partial charge in [-0.3, -0.25) is 9.40 Å².